The molecule has 58 heavy (non-hydrogen) atoms. The highest BCUT2D eigenvalue weighted by atomic mass is 16.7. The SMILES string of the molecule is CN[C@@H]1[C@@H](O)[C@@H](O[C@@H]2[C@@H](O)[C@H](O[C@H]3O[C@H](CN(Cc4ccc([N+](=O)[O-])cc4)C(=O)O)CC[C@H]3NC(=O)OC(C)(C)C)[C@@H](NC(=O)OC(C)(C)C)C[C@H]2N)OC[C@]1(C)O. The molecule has 0 aromatic heterocycles. The van der Waals surface area contributed by atoms with Crippen LogP contribution >= 0.6 is 0 Å². The van der Waals surface area contributed by atoms with Crippen LogP contribution in [0.2, 0.25) is 0 Å². The van der Waals surface area contributed by atoms with Gasteiger partial charge >= 0.3 is 18.3 Å². The number of nitro benzene ring substituents is 1. The molecule has 3 aliphatic rings. The van der Waals surface area contributed by atoms with Crippen LogP contribution in [-0.4, -0.2) is 153 Å². The fraction of sp³-hybridized carbons (Fsp3) is 0.757. The van der Waals surface area contributed by atoms with Crippen molar-refractivity contribution >= 4 is 24.0 Å². The molecule has 0 spiro atoms. The molecule has 1 aromatic carbocycles. The number of nitrogens with one attached hydrogen (secondary N) is 3. The van der Waals surface area contributed by atoms with E-state index in [1.165, 1.54) is 31.2 Å². The molecule has 9 N–H and O–H groups in total. The quantitative estimate of drug-likeness (QED) is 0.109. The van der Waals surface area contributed by atoms with Crippen LogP contribution in [0.3, 0.4) is 0 Å². The van der Waals surface area contributed by atoms with E-state index in [4.69, 9.17) is 34.2 Å². The van der Waals surface area contributed by atoms with E-state index >= 15 is 0 Å². The number of hydrogen-bond donors (Lipinski definition) is 8. The third-order valence-electron chi connectivity index (χ3n) is 9.82. The summed E-state index contributed by atoms with van der Waals surface area (Å²) >= 11 is 0. The van der Waals surface area contributed by atoms with Gasteiger partial charge in [0.2, 0.25) is 0 Å². The van der Waals surface area contributed by atoms with E-state index in [0.717, 1.165) is 4.90 Å². The third kappa shape index (κ3) is 12.8. The second-order valence-corrected chi connectivity index (χ2v) is 17.2. The van der Waals surface area contributed by atoms with Crippen molar-refractivity contribution in [3.05, 3.63) is 39.9 Å². The normalized spacial score (nSPS) is 33.1. The molecule has 1 saturated carbocycles. The van der Waals surface area contributed by atoms with Crippen LogP contribution in [0.4, 0.5) is 20.1 Å². The first-order valence-electron chi connectivity index (χ1n) is 19.2. The number of carbonyl (C=O) groups is 3. The van der Waals surface area contributed by atoms with Gasteiger partial charge in [0, 0.05) is 24.7 Å². The van der Waals surface area contributed by atoms with Crippen LogP contribution in [-0.2, 0) is 35.0 Å². The number of likely N-dealkylation sites (N-methyl/N-ethyl adjacent to an activating group) is 1. The highest BCUT2D eigenvalue weighted by molar-refractivity contribution is 5.68. The highest BCUT2D eigenvalue weighted by Crippen LogP contribution is 2.33. The summed E-state index contributed by atoms with van der Waals surface area (Å²) in [4.78, 5) is 50.2. The molecule has 0 radical (unpaired) electrons. The number of aliphatic hydroxyl groups excluding tert-OH is 2. The van der Waals surface area contributed by atoms with Crippen molar-refractivity contribution in [1.29, 1.82) is 0 Å². The van der Waals surface area contributed by atoms with Crippen LogP contribution in [0.25, 0.3) is 0 Å². The largest absolute Gasteiger partial charge is 0.465 e. The Morgan fingerprint density at radius 1 is 0.948 bits per heavy atom. The maximum absolute atomic E-state index is 13.1. The average molecular weight is 829 g/mol. The fourth-order valence-corrected chi connectivity index (χ4v) is 7.19. The molecule has 4 rings (SSSR count). The summed E-state index contributed by atoms with van der Waals surface area (Å²) in [6.45, 7) is 11.0. The van der Waals surface area contributed by atoms with Crippen LogP contribution in [0.1, 0.15) is 73.3 Å². The minimum absolute atomic E-state index is 0.0516. The number of alkyl carbamates (subject to hydrolysis) is 2. The Hall–Kier alpha value is -3.93. The smallest absolute Gasteiger partial charge is 0.408 e. The molecule has 1 aromatic rings. The Kier molecular flexibility index (Phi) is 15.3. The second kappa shape index (κ2) is 19.0. The minimum atomic E-state index is -1.64. The molecule has 0 bridgehead atoms. The van der Waals surface area contributed by atoms with E-state index in [1.807, 2.05) is 0 Å². The zero-order valence-corrected chi connectivity index (χ0v) is 34.2. The van der Waals surface area contributed by atoms with Gasteiger partial charge in [0.15, 0.2) is 12.6 Å². The van der Waals surface area contributed by atoms with Gasteiger partial charge in [0.25, 0.3) is 5.69 Å². The molecule has 1 aliphatic carbocycles. The Bertz CT molecular complexity index is 1570. The molecular formula is C37H60N6O15. The molecule has 21 nitrogen and oxygen atoms in total. The Labute approximate surface area is 336 Å². The maximum Gasteiger partial charge on any atom is 0.408 e. The maximum atomic E-state index is 13.1. The predicted octanol–water partition coefficient (Wildman–Crippen LogP) is 1.29. The van der Waals surface area contributed by atoms with E-state index in [-0.39, 0.29) is 44.6 Å². The number of ether oxygens (including phenoxy) is 6. The summed E-state index contributed by atoms with van der Waals surface area (Å²) in [7, 11) is 1.55. The average Bonchev–Trinajstić information content (AvgIpc) is 3.08. The third-order valence-corrected chi connectivity index (χ3v) is 9.82. The Morgan fingerprint density at radius 3 is 2.05 bits per heavy atom. The number of hydrogen-bond acceptors (Lipinski definition) is 16. The number of nitrogens with zero attached hydrogens (tertiary/aromatic N) is 2. The van der Waals surface area contributed by atoms with E-state index in [2.05, 4.69) is 16.0 Å². The summed E-state index contributed by atoms with van der Waals surface area (Å²) in [5, 5.41) is 63.4. The summed E-state index contributed by atoms with van der Waals surface area (Å²) in [6.07, 6.45) is -11.8. The van der Waals surface area contributed by atoms with Crippen molar-refractivity contribution in [1.82, 2.24) is 20.9 Å². The Morgan fingerprint density at radius 2 is 1.52 bits per heavy atom. The molecular weight excluding hydrogens is 768 g/mol. The first-order chi connectivity index (χ1) is 26.9. The monoisotopic (exact) mass is 828 g/mol. The van der Waals surface area contributed by atoms with E-state index in [9.17, 15) is 44.9 Å². The van der Waals surface area contributed by atoms with Crippen LogP contribution < -0.4 is 21.7 Å². The molecule has 2 heterocycles. The van der Waals surface area contributed by atoms with Gasteiger partial charge in [-0.3, -0.25) is 10.1 Å². The number of rotatable bonds is 12. The molecule has 21 heteroatoms. The molecule has 2 aliphatic heterocycles. The molecule has 328 valence electrons. The summed E-state index contributed by atoms with van der Waals surface area (Å²) in [6, 6.07) is 1.65. The topological polar surface area (TPSA) is 296 Å². The second-order valence-electron chi connectivity index (χ2n) is 17.2. The molecule has 0 unspecified atom stereocenters. The van der Waals surface area contributed by atoms with Gasteiger partial charge < -0.3 is 75.4 Å². The number of benzene rings is 1. The summed E-state index contributed by atoms with van der Waals surface area (Å²) in [5.41, 5.74) is 3.66. The first-order valence-corrected chi connectivity index (χ1v) is 19.2. The number of amides is 3. The van der Waals surface area contributed by atoms with Crippen molar-refractivity contribution in [2.45, 2.75) is 158 Å². The van der Waals surface area contributed by atoms with Gasteiger partial charge in [0.1, 0.15) is 41.2 Å². The molecule has 2 saturated heterocycles. The van der Waals surface area contributed by atoms with Gasteiger partial charge in [-0.2, -0.15) is 0 Å². The van der Waals surface area contributed by atoms with E-state index in [1.54, 1.807) is 48.6 Å². The standard InChI is InChI=1S/C37H60N6O15/c1-35(2,3)57-32(46)40-23-14-13-21(17-42(34(48)49)16-19-9-11-20(12-10-19)43(51)52)54-30(23)56-28-24(41-33(47)58-36(4,5)6)15-22(38)27(25(28)44)55-31-26(45)29(39-8)37(7,50)18-53-31/h9-12,21-31,39,44-45,50H,13-18,38H2,1-8H3,(H,40,46)(H,41,47)(H,48,49)/t21-,22+,23+,24-,25+,26+,27-,28+,29+,30+,31+,37-/m0/s1. The minimum Gasteiger partial charge on any atom is -0.465 e. The van der Waals surface area contributed by atoms with Crippen molar-refractivity contribution in [2.24, 2.45) is 5.73 Å². The number of nitrogens with two attached hydrogens (primary N) is 1. The number of nitro groups is 1. The predicted molar refractivity (Wildman–Crippen MR) is 203 cm³/mol. The number of non-ortho nitro benzene ring substituents is 1. The van der Waals surface area contributed by atoms with Crippen LogP contribution in [0.15, 0.2) is 24.3 Å². The lowest BCUT2D eigenvalue weighted by Gasteiger charge is -2.49. The summed E-state index contributed by atoms with van der Waals surface area (Å²) < 4.78 is 35.6. The van der Waals surface area contributed by atoms with E-state index in [0.29, 0.717) is 5.56 Å². The van der Waals surface area contributed by atoms with Crippen molar-refractivity contribution in [3.63, 3.8) is 0 Å². The van der Waals surface area contributed by atoms with Crippen LogP contribution in [0, 0.1) is 10.1 Å². The number of aliphatic hydroxyl groups is 3. The van der Waals surface area contributed by atoms with Gasteiger partial charge in [0.05, 0.1) is 42.3 Å². The zero-order valence-electron chi connectivity index (χ0n) is 34.2. The molecule has 3 amide bonds. The van der Waals surface area contributed by atoms with Gasteiger partial charge in [-0.15, -0.1) is 0 Å². The van der Waals surface area contributed by atoms with Gasteiger partial charge in [-0.25, -0.2) is 14.4 Å². The highest BCUT2D eigenvalue weighted by Gasteiger charge is 2.52. The van der Waals surface area contributed by atoms with Gasteiger partial charge in [-0.05, 0) is 80.3 Å². The lowest BCUT2D eigenvalue weighted by molar-refractivity contribution is -0.384. The number of carbonyl (C=O) groups excluding carboxylic acids is 2. The fourth-order valence-electron chi connectivity index (χ4n) is 7.19. The molecule has 12 atom stereocenters. The molecule has 3 fully saturated rings. The van der Waals surface area contributed by atoms with Crippen molar-refractivity contribution in [3.8, 4) is 0 Å². The summed E-state index contributed by atoms with van der Waals surface area (Å²) in [5.74, 6) is 0. The Balaban J connectivity index is 1.63. The first kappa shape index (κ1) is 46.8. The zero-order chi connectivity index (χ0) is 43.3. The lowest BCUT2D eigenvalue weighted by Crippen LogP contribution is -2.69. The van der Waals surface area contributed by atoms with E-state index < -0.39 is 107 Å². The van der Waals surface area contributed by atoms with Crippen molar-refractivity contribution < 1.29 is 68.2 Å². The lowest BCUT2D eigenvalue weighted by atomic mass is 9.83. The number of carboxylic acid groups (broad SMARTS) is 1. The van der Waals surface area contributed by atoms with Gasteiger partial charge in [-0.1, -0.05) is 12.1 Å². The van der Waals surface area contributed by atoms with Crippen LogP contribution in [0.5, 0.6) is 0 Å². The van der Waals surface area contributed by atoms with Crippen molar-refractivity contribution in [2.75, 3.05) is 20.2 Å².